The highest BCUT2D eigenvalue weighted by Crippen LogP contribution is 2.18. The van der Waals surface area contributed by atoms with Crippen LogP contribution in [0.4, 0.5) is 17.6 Å². The maximum Gasteiger partial charge on any atom is 0.329 e. The standard InChI is InChI=1S/C21H24N6O3S/c1-12(2)17(26-18(28)15-9-6-10-31-15)19(29)30-11-16-24-20(22)27-21(25-16)23-14-8-5-4-7-13(14)3/h4-10,12,17H,11H2,1-3H3,(H,26,28)(H3,22,23,24,25,27)/t17-/m1/s1. The molecule has 10 heteroatoms. The number of benzene rings is 1. The molecule has 1 atom stereocenters. The SMILES string of the molecule is Cc1ccccc1Nc1nc(N)nc(COC(=O)[C@H](NC(=O)c2cccs2)C(C)C)n1. The first-order valence-corrected chi connectivity index (χ1v) is 10.6. The van der Waals surface area contributed by atoms with Gasteiger partial charge in [-0.1, -0.05) is 38.1 Å². The molecule has 0 bridgehead atoms. The van der Waals surface area contributed by atoms with Crippen LogP contribution in [0.15, 0.2) is 41.8 Å². The smallest absolute Gasteiger partial charge is 0.329 e. The molecule has 1 amide bonds. The number of nitrogens with zero attached hydrogens (tertiary/aromatic N) is 3. The van der Waals surface area contributed by atoms with Crippen LogP contribution in [0, 0.1) is 12.8 Å². The van der Waals surface area contributed by atoms with E-state index in [9.17, 15) is 9.59 Å². The van der Waals surface area contributed by atoms with E-state index in [1.165, 1.54) is 11.3 Å². The molecule has 2 aromatic heterocycles. The largest absolute Gasteiger partial charge is 0.456 e. The molecule has 0 fully saturated rings. The van der Waals surface area contributed by atoms with Gasteiger partial charge in [0.05, 0.1) is 4.88 Å². The van der Waals surface area contributed by atoms with Gasteiger partial charge < -0.3 is 21.1 Å². The summed E-state index contributed by atoms with van der Waals surface area (Å²) in [6.45, 7) is 5.40. The highest BCUT2D eigenvalue weighted by atomic mass is 32.1. The van der Waals surface area contributed by atoms with Crippen molar-refractivity contribution in [2.75, 3.05) is 11.1 Å². The molecular formula is C21H24N6O3S. The highest BCUT2D eigenvalue weighted by molar-refractivity contribution is 7.12. The van der Waals surface area contributed by atoms with Crippen molar-refractivity contribution < 1.29 is 14.3 Å². The highest BCUT2D eigenvalue weighted by Gasteiger charge is 2.27. The number of nitrogens with one attached hydrogen (secondary N) is 2. The Labute approximate surface area is 184 Å². The molecular weight excluding hydrogens is 416 g/mol. The first-order chi connectivity index (χ1) is 14.8. The fraction of sp³-hybridized carbons (Fsp3) is 0.286. The summed E-state index contributed by atoms with van der Waals surface area (Å²) in [5.41, 5.74) is 7.62. The maximum atomic E-state index is 12.6. The molecule has 3 rings (SSSR count). The number of amides is 1. The number of anilines is 3. The van der Waals surface area contributed by atoms with E-state index < -0.39 is 12.0 Å². The van der Waals surface area contributed by atoms with E-state index in [-0.39, 0.29) is 36.2 Å². The number of hydrogen-bond donors (Lipinski definition) is 3. The van der Waals surface area contributed by atoms with Gasteiger partial charge in [0.1, 0.15) is 6.04 Å². The van der Waals surface area contributed by atoms with Gasteiger partial charge in [-0.15, -0.1) is 11.3 Å². The zero-order valence-electron chi connectivity index (χ0n) is 17.5. The molecule has 0 spiro atoms. The van der Waals surface area contributed by atoms with Crippen LogP contribution >= 0.6 is 11.3 Å². The lowest BCUT2D eigenvalue weighted by Gasteiger charge is -2.20. The topological polar surface area (TPSA) is 132 Å². The number of nitrogens with two attached hydrogens (primary N) is 1. The van der Waals surface area contributed by atoms with Crippen molar-refractivity contribution in [2.24, 2.45) is 5.92 Å². The molecule has 3 aromatic rings. The van der Waals surface area contributed by atoms with Gasteiger partial charge in [-0.3, -0.25) is 4.79 Å². The number of aromatic nitrogens is 3. The molecule has 0 unspecified atom stereocenters. The second-order valence-corrected chi connectivity index (χ2v) is 8.10. The van der Waals surface area contributed by atoms with Crippen LogP contribution in [-0.4, -0.2) is 32.9 Å². The Bertz CT molecular complexity index is 1060. The average Bonchev–Trinajstić information content (AvgIpc) is 3.26. The molecule has 0 saturated heterocycles. The maximum absolute atomic E-state index is 12.6. The van der Waals surface area contributed by atoms with Gasteiger partial charge >= 0.3 is 5.97 Å². The number of nitrogen functional groups attached to an aromatic ring is 1. The molecule has 0 aliphatic rings. The number of carbonyl (C=O) groups excluding carboxylic acids is 2. The summed E-state index contributed by atoms with van der Waals surface area (Å²) in [6, 6.07) is 10.3. The van der Waals surface area contributed by atoms with Crippen molar-refractivity contribution in [2.45, 2.75) is 33.4 Å². The van der Waals surface area contributed by atoms with E-state index in [1.54, 1.807) is 17.5 Å². The van der Waals surface area contributed by atoms with Gasteiger partial charge in [0.2, 0.25) is 11.9 Å². The van der Waals surface area contributed by atoms with Crippen LogP contribution in [0.1, 0.15) is 34.9 Å². The van der Waals surface area contributed by atoms with Gasteiger partial charge in [0, 0.05) is 5.69 Å². The Morgan fingerprint density at radius 2 is 1.90 bits per heavy atom. The molecule has 9 nitrogen and oxygen atoms in total. The fourth-order valence-corrected chi connectivity index (χ4v) is 3.36. The number of hydrogen-bond acceptors (Lipinski definition) is 9. The molecule has 0 aliphatic heterocycles. The van der Waals surface area contributed by atoms with E-state index in [2.05, 4.69) is 25.6 Å². The summed E-state index contributed by atoms with van der Waals surface area (Å²) < 4.78 is 5.37. The van der Waals surface area contributed by atoms with Crippen molar-refractivity contribution in [1.82, 2.24) is 20.3 Å². The number of carbonyl (C=O) groups is 2. The molecule has 4 N–H and O–H groups in total. The Balaban J connectivity index is 1.66. The monoisotopic (exact) mass is 440 g/mol. The summed E-state index contributed by atoms with van der Waals surface area (Å²) in [7, 11) is 0. The first-order valence-electron chi connectivity index (χ1n) is 9.67. The van der Waals surface area contributed by atoms with E-state index >= 15 is 0 Å². The zero-order valence-corrected chi connectivity index (χ0v) is 18.3. The Morgan fingerprint density at radius 3 is 2.58 bits per heavy atom. The number of thiophene rings is 1. The van der Waals surface area contributed by atoms with E-state index in [0.717, 1.165) is 11.3 Å². The molecule has 162 valence electrons. The van der Waals surface area contributed by atoms with Gasteiger partial charge in [0.25, 0.3) is 5.91 Å². The first kappa shape index (κ1) is 22.2. The van der Waals surface area contributed by atoms with Gasteiger partial charge in [-0.25, -0.2) is 4.79 Å². The third-order valence-corrected chi connectivity index (χ3v) is 5.25. The predicted molar refractivity (Wildman–Crippen MR) is 119 cm³/mol. The third-order valence-electron chi connectivity index (χ3n) is 4.39. The number of aryl methyl sites for hydroxylation is 1. The Morgan fingerprint density at radius 1 is 1.13 bits per heavy atom. The minimum atomic E-state index is -0.807. The summed E-state index contributed by atoms with van der Waals surface area (Å²) in [6.07, 6.45) is 0. The molecule has 0 radical (unpaired) electrons. The zero-order chi connectivity index (χ0) is 22.4. The van der Waals surface area contributed by atoms with E-state index in [0.29, 0.717) is 4.88 Å². The van der Waals surface area contributed by atoms with Gasteiger partial charge in [0.15, 0.2) is 12.4 Å². The molecule has 1 aromatic carbocycles. The summed E-state index contributed by atoms with van der Waals surface area (Å²) in [5, 5.41) is 7.61. The molecule has 0 saturated carbocycles. The van der Waals surface area contributed by atoms with Gasteiger partial charge in [-0.05, 0) is 35.9 Å². The Hall–Kier alpha value is -3.53. The molecule has 2 heterocycles. The lowest BCUT2D eigenvalue weighted by Crippen LogP contribution is -2.45. The third kappa shape index (κ3) is 5.98. The number of rotatable bonds is 8. The lowest BCUT2D eigenvalue weighted by molar-refractivity contribution is -0.148. The molecule has 0 aliphatic carbocycles. The van der Waals surface area contributed by atoms with E-state index in [1.807, 2.05) is 45.0 Å². The quantitative estimate of drug-likeness (QED) is 0.455. The number of esters is 1. The van der Waals surface area contributed by atoms with Crippen molar-refractivity contribution in [3.63, 3.8) is 0 Å². The average molecular weight is 441 g/mol. The van der Waals surface area contributed by atoms with Crippen LogP contribution in [-0.2, 0) is 16.1 Å². The van der Waals surface area contributed by atoms with Crippen molar-refractivity contribution >= 4 is 40.8 Å². The van der Waals surface area contributed by atoms with Crippen LogP contribution < -0.4 is 16.4 Å². The fourth-order valence-electron chi connectivity index (χ4n) is 2.74. The van der Waals surface area contributed by atoms with Crippen molar-refractivity contribution in [1.29, 1.82) is 0 Å². The lowest BCUT2D eigenvalue weighted by atomic mass is 10.0. The summed E-state index contributed by atoms with van der Waals surface area (Å²) in [4.78, 5) is 37.8. The second kappa shape index (κ2) is 9.98. The minimum Gasteiger partial charge on any atom is -0.456 e. The van der Waals surface area contributed by atoms with Crippen molar-refractivity contribution in [3.05, 3.63) is 58.0 Å². The number of para-hydroxylation sites is 1. The molecule has 31 heavy (non-hydrogen) atoms. The summed E-state index contributed by atoms with van der Waals surface area (Å²) in [5.74, 6) is -0.614. The van der Waals surface area contributed by atoms with Crippen LogP contribution in [0.25, 0.3) is 0 Å². The second-order valence-electron chi connectivity index (χ2n) is 7.15. The van der Waals surface area contributed by atoms with Crippen LogP contribution in [0.3, 0.4) is 0 Å². The minimum absolute atomic E-state index is 0.00328. The normalized spacial score (nSPS) is 11.7. The van der Waals surface area contributed by atoms with Gasteiger partial charge in [-0.2, -0.15) is 15.0 Å². The summed E-state index contributed by atoms with van der Waals surface area (Å²) >= 11 is 1.30. The van der Waals surface area contributed by atoms with Crippen molar-refractivity contribution in [3.8, 4) is 0 Å². The van der Waals surface area contributed by atoms with Crippen LogP contribution in [0.2, 0.25) is 0 Å². The van der Waals surface area contributed by atoms with Crippen LogP contribution in [0.5, 0.6) is 0 Å². The predicted octanol–water partition coefficient (Wildman–Crippen LogP) is 3.07. The van der Waals surface area contributed by atoms with E-state index in [4.69, 9.17) is 10.5 Å². The Kier molecular flexibility index (Phi) is 7.14. The number of ether oxygens (including phenoxy) is 1.